The molecule has 1 saturated heterocycles. The quantitative estimate of drug-likeness (QED) is 0.897. The highest BCUT2D eigenvalue weighted by molar-refractivity contribution is 7.89. The molecule has 1 heterocycles. The van der Waals surface area contributed by atoms with Crippen LogP contribution in [0.1, 0.15) is 12.5 Å². The van der Waals surface area contributed by atoms with E-state index in [-0.39, 0.29) is 16.9 Å². The van der Waals surface area contributed by atoms with E-state index in [1.807, 2.05) is 19.9 Å². The Bertz CT molecular complexity index is 561. The Morgan fingerprint density at radius 1 is 1.37 bits per heavy atom. The molecule has 2 atom stereocenters. The lowest BCUT2D eigenvalue weighted by molar-refractivity contribution is 0.397. The zero-order valence-electron chi connectivity index (χ0n) is 11.5. The Balaban J connectivity index is 2.43. The second-order valence-electron chi connectivity index (χ2n) is 5.12. The minimum atomic E-state index is -3.54. The first kappa shape index (κ1) is 14.3. The van der Waals surface area contributed by atoms with Gasteiger partial charge in [0.05, 0.1) is 7.11 Å². The first-order valence-electron chi connectivity index (χ1n) is 6.26. The SMILES string of the molecule is COc1ccc(C)cc1S(=O)(=O)N1CC(C)C(N)C1. The van der Waals surface area contributed by atoms with E-state index >= 15 is 0 Å². The van der Waals surface area contributed by atoms with Crippen LogP contribution in [0.2, 0.25) is 0 Å². The molecule has 0 saturated carbocycles. The fourth-order valence-corrected chi connectivity index (χ4v) is 4.09. The highest BCUT2D eigenvalue weighted by Crippen LogP contribution is 2.30. The van der Waals surface area contributed by atoms with Gasteiger partial charge in [0.2, 0.25) is 10.0 Å². The van der Waals surface area contributed by atoms with Crippen LogP contribution in [0.3, 0.4) is 0 Å². The molecule has 19 heavy (non-hydrogen) atoms. The number of sulfonamides is 1. The Kier molecular flexibility index (Phi) is 3.85. The van der Waals surface area contributed by atoms with Crippen molar-refractivity contribution >= 4 is 10.0 Å². The van der Waals surface area contributed by atoms with Crippen LogP contribution >= 0.6 is 0 Å². The molecule has 5 nitrogen and oxygen atoms in total. The molecule has 2 N–H and O–H groups in total. The molecule has 1 aliphatic rings. The van der Waals surface area contributed by atoms with Crippen molar-refractivity contribution in [3.63, 3.8) is 0 Å². The van der Waals surface area contributed by atoms with Crippen LogP contribution in [0.4, 0.5) is 0 Å². The molecule has 106 valence electrons. The predicted octanol–water partition coefficient (Wildman–Crippen LogP) is 0.971. The molecular formula is C13H20N2O3S. The third-order valence-corrected chi connectivity index (χ3v) is 5.43. The van der Waals surface area contributed by atoms with E-state index in [4.69, 9.17) is 10.5 Å². The van der Waals surface area contributed by atoms with Crippen LogP contribution in [-0.2, 0) is 10.0 Å². The molecule has 0 aromatic heterocycles. The second-order valence-corrected chi connectivity index (χ2v) is 7.02. The Hall–Kier alpha value is -1.11. The van der Waals surface area contributed by atoms with Crippen molar-refractivity contribution in [2.45, 2.75) is 24.8 Å². The number of nitrogens with zero attached hydrogens (tertiary/aromatic N) is 1. The first-order chi connectivity index (χ1) is 8.86. The van der Waals surface area contributed by atoms with Crippen LogP contribution in [0.15, 0.2) is 23.1 Å². The highest BCUT2D eigenvalue weighted by atomic mass is 32.2. The van der Waals surface area contributed by atoms with Gasteiger partial charge in [-0.2, -0.15) is 4.31 Å². The molecule has 0 bridgehead atoms. The van der Waals surface area contributed by atoms with Crippen molar-refractivity contribution in [1.29, 1.82) is 0 Å². The summed E-state index contributed by atoms with van der Waals surface area (Å²) in [6.45, 7) is 4.64. The molecule has 1 fully saturated rings. The zero-order chi connectivity index (χ0) is 14.2. The van der Waals surface area contributed by atoms with E-state index in [2.05, 4.69) is 0 Å². The maximum atomic E-state index is 12.6. The number of nitrogens with two attached hydrogens (primary N) is 1. The summed E-state index contributed by atoms with van der Waals surface area (Å²) >= 11 is 0. The monoisotopic (exact) mass is 284 g/mol. The minimum absolute atomic E-state index is 0.106. The smallest absolute Gasteiger partial charge is 0.246 e. The van der Waals surface area contributed by atoms with Crippen LogP contribution < -0.4 is 10.5 Å². The van der Waals surface area contributed by atoms with Gasteiger partial charge in [-0.25, -0.2) is 8.42 Å². The van der Waals surface area contributed by atoms with Crippen LogP contribution in [0.25, 0.3) is 0 Å². The lowest BCUT2D eigenvalue weighted by Crippen LogP contribution is -2.32. The largest absolute Gasteiger partial charge is 0.495 e. The second kappa shape index (κ2) is 5.11. The number of hydrogen-bond acceptors (Lipinski definition) is 4. The maximum absolute atomic E-state index is 12.6. The fraction of sp³-hybridized carbons (Fsp3) is 0.538. The van der Waals surface area contributed by atoms with Gasteiger partial charge >= 0.3 is 0 Å². The third kappa shape index (κ3) is 2.61. The molecule has 0 aliphatic carbocycles. The van der Waals surface area contributed by atoms with E-state index in [1.165, 1.54) is 11.4 Å². The van der Waals surface area contributed by atoms with E-state index in [1.54, 1.807) is 12.1 Å². The van der Waals surface area contributed by atoms with Crippen LogP contribution in [0, 0.1) is 12.8 Å². The predicted molar refractivity (Wildman–Crippen MR) is 73.6 cm³/mol. The summed E-state index contributed by atoms with van der Waals surface area (Å²) in [6.07, 6.45) is 0. The average Bonchev–Trinajstić information content (AvgIpc) is 2.70. The van der Waals surface area contributed by atoms with Gasteiger partial charge in [0.1, 0.15) is 10.6 Å². The molecule has 2 unspecified atom stereocenters. The summed E-state index contributed by atoms with van der Waals surface area (Å²) in [5, 5.41) is 0. The molecule has 1 aromatic rings. The van der Waals surface area contributed by atoms with Crippen molar-refractivity contribution in [2.24, 2.45) is 11.7 Å². The molecular weight excluding hydrogens is 264 g/mol. The summed E-state index contributed by atoms with van der Waals surface area (Å²) in [5.74, 6) is 0.546. The number of methoxy groups -OCH3 is 1. The first-order valence-corrected chi connectivity index (χ1v) is 7.70. The van der Waals surface area contributed by atoms with E-state index in [0.717, 1.165) is 5.56 Å². The summed E-state index contributed by atoms with van der Waals surface area (Å²) in [5.41, 5.74) is 6.79. The Labute approximate surface area is 114 Å². The van der Waals surface area contributed by atoms with Gasteiger partial charge in [0.15, 0.2) is 0 Å². The van der Waals surface area contributed by atoms with Crippen LogP contribution in [-0.4, -0.2) is 39.0 Å². The fourth-order valence-electron chi connectivity index (χ4n) is 2.27. The molecule has 0 spiro atoms. The van der Waals surface area contributed by atoms with E-state index < -0.39 is 10.0 Å². The molecule has 0 amide bonds. The number of benzene rings is 1. The van der Waals surface area contributed by atoms with E-state index in [9.17, 15) is 8.42 Å². The third-order valence-electron chi connectivity index (χ3n) is 3.57. The van der Waals surface area contributed by atoms with Crippen molar-refractivity contribution in [2.75, 3.05) is 20.2 Å². The van der Waals surface area contributed by atoms with Crippen LogP contribution in [0.5, 0.6) is 5.75 Å². The lowest BCUT2D eigenvalue weighted by atomic mass is 10.1. The summed E-state index contributed by atoms with van der Waals surface area (Å²) in [4.78, 5) is 0.219. The normalized spacial score (nSPS) is 24.6. The molecule has 6 heteroatoms. The van der Waals surface area contributed by atoms with Gasteiger partial charge in [-0.05, 0) is 30.5 Å². The number of aryl methyl sites for hydroxylation is 1. The molecule has 0 radical (unpaired) electrons. The topological polar surface area (TPSA) is 72.6 Å². The van der Waals surface area contributed by atoms with Crippen molar-refractivity contribution in [3.05, 3.63) is 23.8 Å². The van der Waals surface area contributed by atoms with Crippen molar-refractivity contribution < 1.29 is 13.2 Å². The van der Waals surface area contributed by atoms with Gasteiger partial charge in [0, 0.05) is 19.1 Å². The van der Waals surface area contributed by atoms with Crippen molar-refractivity contribution in [1.82, 2.24) is 4.31 Å². The standard InChI is InChI=1S/C13H20N2O3S/c1-9-4-5-12(18-3)13(6-9)19(16,17)15-7-10(2)11(14)8-15/h4-6,10-11H,7-8,14H2,1-3H3. The van der Waals surface area contributed by atoms with Gasteiger partial charge in [-0.1, -0.05) is 13.0 Å². The number of rotatable bonds is 3. The van der Waals surface area contributed by atoms with E-state index in [0.29, 0.717) is 18.8 Å². The maximum Gasteiger partial charge on any atom is 0.246 e. The van der Waals surface area contributed by atoms with Gasteiger partial charge < -0.3 is 10.5 Å². The van der Waals surface area contributed by atoms with Gasteiger partial charge in [-0.3, -0.25) is 0 Å². The summed E-state index contributed by atoms with van der Waals surface area (Å²) in [6, 6.07) is 5.05. The van der Waals surface area contributed by atoms with Gasteiger partial charge in [0.25, 0.3) is 0 Å². The lowest BCUT2D eigenvalue weighted by Gasteiger charge is -2.18. The Morgan fingerprint density at radius 2 is 2.05 bits per heavy atom. The number of ether oxygens (including phenoxy) is 1. The highest BCUT2D eigenvalue weighted by Gasteiger charge is 2.36. The van der Waals surface area contributed by atoms with Gasteiger partial charge in [-0.15, -0.1) is 0 Å². The summed E-state index contributed by atoms with van der Waals surface area (Å²) < 4.78 is 31.9. The minimum Gasteiger partial charge on any atom is -0.495 e. The number of hydrogen-bond donors (Lipinski definition) is 1. The molecule has 1 aromatic carbocycles. The average molecular weight is 284 g/mol. The summed E-state index contributed by atoms with van der Waals surface area (Å²) in [7, 11) is -2.07. The Morgan fingerprint density at radius 3 is 2.58 bits per heavy atom. The zero-order valence-corrected chi connectivity index (χ0v) is 12.3. The molecule has 1 aliphatic heterocycles. The van der Waals surface area contributed by atoms with Crippen molar-refractivity contribution in [3.8, 4) is 5.75 Å². The molecule has 2 rings (SSSR count).